The summed E-state index contributed by atoms with van der Waals surface area (Å²) >= 11 is 0. The van der Waals surface area contributed by atoms with Gasteiger partial charge in [-0.2, -0.15) is 0 Å². The highest BCUT2D eigenvalue weighted by molar-refractivity contribution is 6.10. The molecule has 0 aliphatic heterocycles. The van der Waals surface area contributed by atoms with Gasteiger partial charge in [0.1, 0.15) is 0 Å². The number of para-hydroxylation sites is 2. The Morgan fingerprint density at radius 3 is 1.49 bits per heavy atom. The van der Waals surface area contributed by atoms with E-state index < -0.39 is 0 Å². The third-order valence-electron chi connectivity index (χ3n) is 17.9. The topological polar surface area (TPSA) is 3.24 Å². The Balaban J connectivity index is 1.01. The summed E-state index contributed by atoms with van der Waals surface area (Å²) in [4.78, 5) is 2.62. The minimum absolute atomic E-state index is 0.0642. The highest BCUT2D eigenvalue weighted by atomic mass is 15.2. The van der Waals surface area contributed by atoms with Crippen LogP contribution in [0.25, 0.3) is 88.3 Å². The van der Waals surface area contributed by atoms with E-state index in [1.807, 2.05) is 0 Å². The maximum atomic E-state index is 2.67. The Hall–Kier alpha value is -8.26. The third kappa shape index (κ3) is 6.61. The van der Waals surface area contributed by atoms with Gasteiger partial charge in [-0.1, -0.05) is 224 Å². The molecular weight excluding hydrogens is 879 g/mol. The number of benzene rings is 11. The van der Waals surface area contributed by atoms with Crippen LogP contribution in [0.15, 0.2) is 249 Å². The lowest BCUT2D eigenvalue weighted by atomic mass is 9.43. The van der Waals surface area contributed by atoms with Gasteiger partial charge in [0.2, 0.25) is 0 Å². The molecule has 1 heteroatoms. The smallest absolute Gasteiger partial charge is 0.0546 e. The molecule has 4 bridgehead atoms. The van der Waals surface area contributed by atoms with Crippen LogP contribution in [0.2, 0.25) is 0 Å². The van der Waals surface area contributed by atoms with Crippen LogP contribution in [0.5, 0.6) is 0 Å². The molecule has 5 aliphatic carbocycles. The van der Waals surface area contributed by atoms with Crippen molar-refractivity contribution in [2.24, 2.45) is 23.7 Å². The standard InChI is InChI=1S/C72H55N/c1-3-18-50(19-4-1)60-38-36-54(58-30-15-23-49-22-7-8-26-57(49)58)46-70(60)73(69-35-14-11-29-64(69)65-32-17-25-52-24-16-31-61(71(52)65)51-20-5-2-6-21-51)68-34-13-10-27-59(68)53-37-39-63-62-28-9-12-33-66(62)72(67(63)45-53)55-41-47-40-48(43-55)44-56(72)42-47/h1-39,45-48,55-56H,40-44H2. The Kier molecular flexibility index (Phi) is 9.84. The molecule has 11 aromatic rings. The van der Waals surface area contributed by atoms with Crippen LogP contribution >= 0.6 is 0 Å². The quantitative estimate of drug-likeness (QED) is 0.147. The lowest BCUT2D eigenvalue weighted by Crippen LogP contribution is -2.55. The second-order valence-electron chi connectivity index (χ2n) is 21.5. The predicted octanol–water partition coefficient (Wildman–Crippen LogP) is 19.5. The summed E-state index contributed by atoms with van der Waals surface area (Å²) in [5, 5.41) is 4.96. The van der Waals surface area contributed by atoms with Gasteiger partial charge in [-0.3, -0.25) is 0 Å². The van der Waals surface area contributed by atoms with Gasteiger partial charge in [0.25, 0.3) is 0 Å². The van der Waals surface area contributed by atoms with Crippen LogP contribution in [0.4, 0.5) is 17.1 Å². The van der Waals surface area contributed by atoms with E-state index in [9.17, 15) is 0 Å². The second-order valence-corrected chi connectivity index (χ2v) is 21.5. The molecule has 0 saturated heterocycles. The normalized spacial score (nSPS) is 20.1. The van der Waals surface area contributed by atoms with E-state index in [-0.39, 0.29) is 5.41 Å². The maximum absolute atomic E-state index is 2.67. The van der Waals surface area contributed by atoms with Crippen molar-refractivity contribution in [2.75, 3.05) is 4.90 Å². The molecule has 0 aromatic heterocycles. The fraction of sp³-hybridized carbons (Fsp3) is 0.139. The van der Waals surface area contributed by atoms with Crippen LogP contribution in [0.1, 0.15) is 43.2 Å². The van der Waals surface area contributed by atoms with Gasteiger partial charge in [-0.25, -0.2) is 0 Å². The highest BCUT2D eigenvalue weighted by Crippen LogP contribution is 2.69. The zero-order chi connectivity index (χ0) is 48.0. The molecule has 11 aromatic carbocycles. The van der Waals surface area contributed by atoms with Crippen LogP contribution in [-0.2, 0) is 5.41 Å². The summed E-state index contributed by atoms with van der Waals surface area (Å²) in [5.74, 6) is 3.14. The SMILES string of the molecule is c1ccc(-c2ccc(-c3cccc4ccccc34)cc2N(c2ccccc2-c2ccc3c(c2)C2(c4ccccc4-3)C3CC4CC(C3)CC2C4)c2ccccc2-c2cccc3cccc(-c4ccccc4)c23)cc1. The minimum Gasteiger partial charge on any atom is -0.309 e. The Morgan fingerprint density at radius 1 is 0.288 bits per heavy atom. The van der Waals surface area contributed by atoms with Crippen LogP contribution in [-0.4, -0.2) is 0 Å². The number of hydrogen-bond donors (Lipinski definition) is 0. The molecule has 4 saturated carbocycles. The predicted molar refractivity (Wildman–Crippen MR) is 307 cm³/mol. The summed E-state index contributed by atoms with van der Waals surface area (Å²) in [6.07, 6.45) is 6.90. The average molecular weight is 934 g/mol. The molecule has 348 valence electrons. The average Bonchev–Trinajstić information content (AvgIpc) is 3.75. The maximum Gasteiger partial charge on any atom is 0.0546 e. The van der Waals surface area contributed by atoms with Gasteiger partial charge in [-0.15, -0.1) is 0 Å². The van der Waals surface area contributed by atoms with Gasteiger partial charge in [0.05, 0.1) is 17.1 Å². The lowest BCUT2D eigenvalue weighted by Gasteiger charge is -2.61. The third-order valence-corrected chi connectivity index (χ3v) is 17.9. The lowest BCUT2D eigenvalue weighted by molar-refractivity contribution is -0.0399. The summed E-state index contributed by atoms with van der Waals surface area (Å²) in [5.41, 5.74) is 21.7. The van der Waals surface area contributed by atoms with Gasteiger partial charge in [0, 0.05) is 22.1 Å². The molecule has 0 amide bonds. The van der Waals surface area contributed by atoms with E-state index in [4.69, 9.17) is 0 Å². The second kappa shape index (κ2) is 16.9. The first-order valence-corrected chi connectivity index (χ1v) is 26.7. The van der Waals surface area contributed by atoms with Crippen molar-refractivity contribution >= 4 is 38.6 Å². The van der Waals surface area contributed by atoms with E-state index in [2.05, 4.69) is 254 Å². The molecule has 0 atom stereocenters. The number of nitrogens with zero attached hydrogens (tertiary/aromatic N) is 1. The molecule has 1 nitrogen and oxygen atoms in total. The van der Waals surface area contributed by atoms with Crippen molar-refractivity contribution in [3.63, 3.8) is 0 Å². The van der Waals surface area contributed by atoms with Crippen molar-refractivity contribution in [3.05, 3.63) is 260 Å². The van der Waals surface area contributed by atoms with Crippen LogP contribution < -0.4 is 4.90 Å². The van der Waals surface area contributed by atoms with Gasteiger partial charge >= 0.3 is 0 Å². The Bertz CT molecular complexity index is 3900. The largest absolute Gasteiger partial charge is 0.309 e. The van der Waals surface area contributed by atoms with Gasteiger partial charge < -0.3 is 4.90 Å². The molecule has 0 unspecified atom stereocenters. The van der Waals surface area contributed by atoms with E-state index in [1.54, 1.807) is 11.1 Å². The molecule has 0 heterocycles. The van der Waals surface area contributed by atoms with Crippen LogP contribution in [0, 0.1) is 23.7 Å². The monoisotopic (exact) mass is 933 g/mol. The molecule has 0 N–H and O–H groups in total. The zero-order valence-electron chi connectivity index (χ0n) is 41.0. The van der Waals surface area contributed by atoms with Crippen molar-refractivity contribution in [1.29, 1.82) is 0 Å². The molecular formula is C72H55N. The fourth-order valence-electron chi connectivity index (χ4n) is 15.2. The Morgan fingerprint density at radius 2 is 0.767 bits per heavy atom. The molecule has 16 rings (SSSR count). The summed E-state index contributed by atoms with van der Waals surface area (Å²) in [6.45, 7) is 0. The molecule has 73 heavy (non-hydrogen) atoms. The number of fused-ring (bicyclic) bond motifs is 5. The van der Waals surface area contributed by atoms with Gasteiger partial charge in [0.15, 0.2) is 0 Å². The van der Waals surface area contributed by atoms with Crippen molar-refractivity contribution in [2.45, 2.75) is 37.5 Å². The van der Waals surface area contributed by atoms with Gasteiger partial charge in [-0.05, 0) is 163 Å². The molecule has 5 aliphatic rings. The van der Waals surface area contributed by atoms with E-state index in [0.29, 0.717) is 11.8 Å². The molecule has 4 fully saturated rings. The summed E-state index contributed by atoms with van der Waals surface area (Å²) in [6, 6.07) is 93.8. The number of anilines is 3. The molecule has 1 spiro atoms. The Labute approximate surface area is 429 Å². The van der Waals surface area contributed by atoms with E-state index in [0.717, 1.165) is 28.9 Å². The number of rotatable bonds is 8. The van der Waals surface area contributed by atoms with E-state index >= 15 is 0 Å². The van der Waals surface area contributed by atoms with Crippen molar-refractivity contribution < 1.29 is 0 Å². The summed E-state index contributed by atoms with van der Waals surface area (Å²) in [7, 11) is 0. The fourth-order valence-corrected chi connectivity index (χ4v) is 15.2. The van der Waals surface area contributed by atoms with E-state index in [1.165, 1.54) is 120 Å². The minimum atomic E-state index is 0.0642. The first kappa shape index (κ1) is 42.4. The highest BCUT2D eigenvalue weighted by Gasteiger charge is 2.61. The zero-order valence-corrected chi connectivity index (χ0v) is 41.0. The van der Waals surface area contributed by atoms with Crippen LogP contribution in [0.3, 0.4) is 0 Å². The first-order valence-electron chi connectivity index (χ1n) is 26.7. The van der Waals surface area contributed by atoms with Crippen molar-refractivity contribution in [1.82, 2.24) is 0 Å². The number of hydrogen-bond acceptors (Lipinski definition) is 1. The first-order chi connectivity index (χ1) is 36.2. The van der Waals surface area contributed by atoms with Crippen molar-refractivity contribution in [3.8, 4) is 66.8 Å². The summed E-state index contributed by atoms with van der Waals surface area (Å²) < 4.78 is 0. The molecule has 0 radical (unpaired) electrons.